The third-order valence-electron chi connectivity index (χ3n) is 13.5. The molecule has 0 aromatic heterocycles. The number of hydrogen-bond acceptors (Lipinski definition) is 24. The van der Waals surface area contributed by atoms with Gasteiger partial charge in [-0.15, -0.1) is 0 Å². The second-order valence-corrected chi connectivity index (χ2v) is 30.8. The van der Waals surface area contributed by atoms with Crippen LogP contribution in [0, 0.1) is 44.3 Å². The van der Waals surface area contributed by atoms with E-state index in [2.05, 4.69) is 104 Å². The SMILES string of the molecule is CC(=O)C(C)OC(=O)C(C)OC(=O)C(C)C(C)(C)C.CC(=O)C(C)OC(=O)C(C)OC(=O)C(C)C(C)(C)C.COC(C)COC(C)CC(C)(C)C.COCC(=O)OC(C)C(=O)OC(C)CC(C)(C)C.COCC(=O)OCC(=O)OCCC(C)(C)C.COCCOCCC(C)(C)C. The minimum Gasteiger partial charge on any atom is -0.463 e. The molecule has 96 heavy (non-hydrogen) atoms. The quantitative estimate of drug-likeness (QED) is 0.0343. The summed E-state index contributed by atoms with van der Waals surface area (Å²) in [6.07, 6.45) is -0.570. The molecule has 0 saturated heterocycles. The fourth-order valence-electron chi connectivity index (χ4n) is 6.38. The number of carbonyl (C=O) groups is 10. The molecule has 0 bridgehead atoms. The van der Waals surface area contributed by atoms with Gasteiger partial charge in [0.2, 0.25) is 0 Å². The Balaban J connectivity index is -0.000000255. The van der Waals surface area contributed by atoms with Crippen molar-refractivity contribution in [3.8, 4) is 0 Å². The van der Waals surface area contributed by atoms with Crippen LogP contribution in [0.1, 0.15) is 233 Å². The molecule has 0 heterocycles. The molecule has 0 rings (SSSR count). The summed E-state index contributed by atoms with van der Waals surface area (Å²) >= 11 is 0. The molecule has 568 valence electrons. The standard InChI is InChI=1S/2C14H24O5.C13H24O5.C11H20O5.C11H24O2.C9H20O2/c2*1-8(14(5,6)7)12(16)19-11(4)13(17)18-10(3)9(2)15;1-9(7-13(3,4)5)17-12(15)10(2)18-11(14)8-16-6;1-11(2,3)5-6-15-10(13)8-16-9(12)7-14-4;1-9(7-11(3,4)5)13-8-10(2)12-6;1-9(2,3)5-6-11-8-7-10-4/h2*8,10-11H,1-7H3;9-10H,7-8H2,1-6H3;5-8H2,1-4H3;9-10H,7-8H2,1-6H3;5-8H2,1-4H3. The lowest BCUT2D eigenvalue weighted by Crippen LogP contribution is -2.35. The molecule has 0 aliphatic rings. The molecule has 0 fully saturated rings. The van der Waals surface area contributed by atoms with Gasteiger partial charge in [0, 0.05) is 35.0 Å². The molecule has 0 saturated carbocycles. The van der Waals surface area contributed by atoms with E-state index in [1.807, 2.05) is 55.4 Å². The third kappa shape index (κ3) is 66.1. The largest absolute Gasteiger partial charge is 0.463 e. The van der Waals surface area contributed by atoms with Gasteiger partial charge in [0.25, 0.3) is 0 Å². The van der Waals surface area contributed by atoms with E-state index in [1.165, 1.54) is 62.7 Å². The molecule has 0 amide bonds. The summed E-state index contributed by atoms with van der Waals surface area (Å²) in [6.45, 7) is 59.2. The summed E-state index contributed by atoms with van der Waals surface area (Å²) in [5, 5.41) is 0. The minimum atomic E-state index is -1.01. The van der Waals surface area contributed by atoms with E-state index < -0.39 is 78.3 Å². The van der Waals surface area contributed by atoms with Crippen LogP contribution < -0.4 is 0 Å². The highest BCUT2D eigenvalue weighted by Crippen LogP contribution is 2.29. The Morgan fingerprint density at radius 2 is 0.667 bits per heavy atom. The number of hydrogen-bond donors (Lipinski definition) is 0. The van der Waals surface area contributed by atoms with Crippen LogP contribution in [-0.4, -0.2) is 189 Å². The average molecular weight is 1390 g/mol. The molecule has 0 aliphatic carbocycles. The molecule has 0 aromatic rings. The summed E-state index contributed by atoms with van der Waals surface area (Å²) in [5.74, 6) is -5.73. The van der Waals surface area contributed by atoms with E-state index in [9.17, 15) is 47.9 Å². The Labute approximate surface area is 579 Å². The topological polar surface area (TPSA) is 300 Å². The van der Waals surface area contributed by atoms with Crippen LogP contribution in [0.3, 0.4) is 0 Å². The second-order valence-electron chi connectivity index (χ2n) is 30.8. The van der Waals surface area contributed by atoms with Gasteiger partial charge in [-0.25, -0.2) is 28.8 Å². The predicted molar refractivity (Wildman–Crippen MR) is 368 cm³/mol. The van der Waals surface area contributed by atoms with Gasteiger partial charge >= 0.3 is 47.8 Å². The highest BCUT2D eigenvalue weighted by molar-refractivity contribution is 5.86. The normalized spacial score (nSPS) is 14.7. The van der Waals surface area contributed by atoms with E-state index in [4.69, 9.17) is 52.1 Å². The van der Waals surface area contributed by atoms with Crippen LogP contribution in [0.2, 0.25) is 0 Å². The van der Waals surface area contributed by atoms with Crippen LogP contribution in [-0.2, 0) is 114 Å². The molecule has 24 nitrogen and oxygen atoms in total. The fraction of sp³-hybridized carbons (Fsp3) is 0.861. The summed E-state index contributed by atoms with van der Waals surface area (Å²) in [6, 6.07) is 0. The maximum absolute atomic E-state index is 11.8. The Kier molecular flexibility index (Phi) is 55.1. The minimum absolute atomic E-state index is 0.0790. The number of esters is 8. The molecule has 10 unspecified atom stereocenters. The van der Waals surface area contributed by atoms with E-state index in [1.54, 1.807) is 28.1 Å². The molecule has 10 atom stereocenters. The van der Waals surface area contributed by atoms with Gasteiger partial charge in [-0.2, -0.15) is 0 Å². The highest BCUT2D eigenvalue weighted by Gasteiger charge is 2.33. The molecule has 0 N–H and O–H groups in total. The third-order valence-corrected chi connectivity index (χ3v) is 13.5. The Morgan fingerprint density at radius 1 is 0.323 bits per heavy atom. The van der Waals surface area contributed by atoms with Crippen molar-refractivity contribution in [3.63, 3.8) is 0 Å². The molecular formula is C72H136O24. The molecular weight excluding hydrogens is 1250 g/mol. The van der Waals surface area contributed by atoms with Gasteiger partial charge in [-0.3, -0.25) is 19.2 Å². The van der Waals surface area contributed by atoms with Crippen molar-refractivity contribution >= 4 is 59.3 Å². The van der Waals surface area contributed by atoms with E-state index in [0.29, 0.717) is 43.4 Å². The zero-order valence-electron chi connectivity index (χ0n) is 66.1. The van der Waals surface area contributed by atoms with E-state index in [-0.39, 0.29) is 77.1 Å². The fourth-order valence-corrected chi connectivity index (χ4v) is 6.38. The summed E-state index contributed by atoms with van der Waals surface area (Å²) in [4.78, 5) is 114. The zero-order valence-corrected chi connectivity index (χ0v) is 66.1. The molecule has 24 heteroatoms. The first-order chi connectivity index (χ1) is 43.3. The lowest BCUT2D eigenvalue weighted by Gasteiger charge is -2.26. The van der Waals surface area contributed by atoms with Gasteiger partial charge in [0.05, 0.1) is 56.6 Å². The number of ether oxygens (including phenoxy) is 14. The molecule has 0 aliphatic heterocycles. The van der Waals surface area contributed by atoms with Crippen LogP contribution >= 0.6 is 0 Å². The number of rotatable bonds is 32. The number of ketones is 2. The van der Waals surface area contributed by atoms with Crippen molar-refractivity contribution in [1.29, 1.82) is 0 Å². The molecule has 0 radical (unpaired) electrons. The predicted octanol–water partition coefficient (Wildman–Crippen LogP) is 12.3. The van der Waals surface area contributed by atoms with Crippen molar-refractivity contribution in [2.75, 3.05) is 81.3 Å². The van der Waals surface area contributed by atoms with Crippen molar-refractivity contribution in [2.24, 2.45) is 44.3 Å². The van der Waals surface area contributed by atoms with Crippen LogP contribution in [0.4, 0.5) is 0 Å². The first-order valence-corrected chi connectivity index (χ1v) is 33.1. The first kappa shape index (κ1) is 102. The lowest BCUT2D eigenvalue weighted by molar-refractivity contribution is -0.174. The van der Waals surface area contributed by atoms with E-state index >= 15 is 0 Å². The van der Waals surface area contributed by atoms with Gasteiger partial charge < -0.3 is 66.3 Å². The van der Waals surface area contributed by atoms with Crippen LogP contribution in [0.25, 0.3) is 0 Å². The highest BCUT2D eigenvalue weighted by atomic mass is 16.6. The number of methoxy groups -OCH3 is 4. The average Bonchev–Trinajstić information content (AvgIpc) is 0.890. The summed E-state index contributed by atoms with van der Waals surface area (Å²) < 4.78 is 69.5. The van der Waals surface area contributed by atoms with Crippen LogP contribution in [0.15, 0.2) is 0 Å². The number of Topliss-reactive ketones (excluding diaryl/α,β-unsaturated/α-hetero) is 2. The smallest absolute Gasteiger partial charge is 0.347 e. The van der Waals surface area contributed by atoms with Crippen molar-refractivity contribution in [2.45, 2.75) is 282 Å². The van der Waals surface area contributed by atoms with Gasteiger partial charge in [0.1, 0.15) is 13.2 Å². The molecule has 0 aromatic carbocycles. The zero-order chi connectivity index (χ0) is 76.9. The van der Waals surface area contributed by atoms with Gasteiger partial charge in [-0.1, -0.05) is 138 Å². The summed E-state index contributed by atoms with van der Waals surface area (Å²) in [7, 11) is 6.16. The van der Waals surface area contributed by atoms with E-state index in [0.717, 1.165) is 32.3 Å². The van der Waals surface area contributed by atoms with Gasteiger partial charge in [-0.05, 0) is 127 Å². The number of carbonyl (C=O) groups excluding carboxylic acids is 10. The maximum atomic E-state index is 11.8. The van der Waals surface area contributed by atoms with Crippen molar-refractivity contribution in [3.05, 3.63) is 0 Å². The maximum Gasteiger partial charge on any atom is 0.347 e. The summed E-state index contributed by atoms with van der Waals surface area (Å²) in [5.41, 5.74) is 0.437. The van der Waals surface area contributed by atoms with Crippen LogP contribution in [0.5, 0.6) is 0 Å². The Hall–Kier alpha value is -5.14. The van der Waals surface area contributed by atoms with Gasteiger partial charge in [0.15, 0.2) is 48.7 Å². The van der Waals surface area contributed by atoms with Crippen molar-refractivity contribution < 1.29 is 114 Å². The Morgan fingerprint density at radius 3 is 1.01 bits per heavy atom. The second kappa shape index (κ2) is 52.0. The lowest BCUT2D eigenvalue weighted by atomic mass is 9.82. The first-order valence-electron chi connectivity index (χ1n) is 33.1. The monoisotopic (exact) mass is 1380 g/mol. The Bertz CT molecular complexity index is 2110. The molecule has 0 spiro atoms. The van der Waals surface area contributed by atoms with Crippen molar-refractivity contribution in [1.82, 2.24) is 0 Å².